The number of methoxy groups -OCH3 is 1. The third kappa shape index (κ3) is 5.65. The van der Waals surface area contributed by atoms with Crippen LogP contribution in [0.3, 0.4) is 0 Å². The van der Waals surface area contributed by atoms with E-state index < -0.39 is 10.9 Å². The number of hydrogen-bond acceptors (Lipinski definition) is 4. The van der Waals surface area contributed by atoms with Crippen LogP contribution < -0.4 is 0 Å². The number of rotatable bonds is 6. The van der Waals surface area contributed by atoms with Crippen LogP contribution in [0.2, 0.25) is 0 Å². The molecule has 0 atom stereocenters. The number of nitrogens with zero attached hydrogens (tertiary/aromatic N) is 1. The number of esters is 1. The molecule has 0 aromatic rings. The van der Waals surface area contributed by atoms with Crippen LogP contribution in [0.1, 0.15) is 26.7 Å². The van der Waals surface area contributed by atoms with E-state index in [1.54, 1.807) is 19.1 Å². The Balaban J connectivity index is 5.25. The van der Waals surface area contributed by atoms with Gasteiger partial charge in [0.25, 0.3) is 5.70 Å². The Morgan fingerprint density at radius 3 is 2.35 bits per heavy atom. The number of allylic oxidation sites excluding steroid dienone is 5. The van der Waals surface area contributed by atoms with Crippen LogP contribution in [0.4, 0.5) is 0 Å². The summed E-state index contributed by atoms with van der Waals surface area (Å²) >= 11 is 0. The maximum atomic E-state index is 10.9. The molecule has 0 aliphatic carbocycles. The highest BCUT2D eigenvalue weighted by Crippen LogP contribution is 2.13. The lowest BCUT2D eigenvalue weighted by Gasteiger charge is -1.98. The zero-order valence-electron chi connectivity index (χ0n) is 10.3. The van der Waals surface area contributed by atoms with Gasteiger partial charge in [0, 0.05) is 18.1 Å². The molecule has 0 spiro atoms. The molecule has 0 radical (unpaired) electrons. The summed E-state index contributed by atoms with van der Waals surface area (Å²) in [5.74, 6) is -0.536. The molecule has 17 heavy (non-hydrogen) atoms. The SMILES string of the molecule is CC\C=C/C(/C=C/C(=O)OC)=C(\CC)[N+](=O)[O-]. The van der Waals surface area contributed by atoms with Gasteiger partial charge in [-0.25, -0.2) is 4.79 Å². The van der Waals surface area contributed by atoms with Crippen molar-refractivity contribution in [2.75, 3.05) is 7.11 Å². The minimum absolute atomic E-state index is 0.0786. The van der Waals surface area contributed by atoms with Gasteiger partial charge in [0.2, 0.25) is 0 Å². The molecule has 0 aliphatic heterocycles. The zero-order chi connectivity index (χ0) is 13.3. The number of carbonyl (C=O) groups excluding carboxylic acids is 1. The lowest BCUT2D eigenvalue weighted by atomic mass is 10.1. The Hall–Kier alpha value is -1.91. The molecule has 0 heterocycles. The summed E-state index contributed by atoms with van der Waals surface area (Å²) in [6.07, 6.45) is 7.08. The minimum Gasteiger partial charge on any atom is -0.466 e. The molecule has 0 N–H and O–H groups in total. The van der Waals surface area contributed by atoms with Gasteiger partial charge in [-0.3, -0.25) is 10.1 Å². The summed E-state index contributed by atoms with van der Waals surface area (Å²) < 4.78 is 4.44. The van der Waals surface area contributed by atoms with Crippen molar-refractivity contribution in [3.05, 3.63) is 45.7 Å². The van der Waals surface area contributed by atoms with Crippen LogP contribution in [0.5, 0.6) is 0 Å². The van der Waals surface area contributed by atoms with E-state index in [1.807, 2.05) is 6.92 Å². The molecule has 0 bridgehead atoms. The Kier molecular flexibility index (Phi) is 7.34. The van der Waals surface area contributed by atoms with Gasteiger partial charge in [-0.1, -0.05) is 26.0 Å². The van der Waals surface area contributed by atoms with Gasteiger partial charge in [-0.15, -0.1) is 0 Å². The second kappa shape index (κ2) is 8.27. The van der Waals surface area contributed by atoms with Crippen molar-refractivity contribution in [1.82, 2.24) is 0 Å². The van der Waals surface area contributed by atoms with Gasteiger partial charge < -0.3 is 4.74 Å². The first-order valence-electron chi connectivity index (χ1n) is 5.36. The fourth-order valence-corrected chi connectivity index (χ4v) is 1.16. The van der Waals surface area contributed by atoms with Crippen molar-refractivity contribution in [2.24, 2.45) is 0 Å². The number of nitro groups is 1. The normalized spacial score (nSPS) is 12.9. The molecule has 0 aliphatic rings. The van der Waals surface area contributed by atoms with Crippen molar-refractivity contribution < 1.29 is 14.5 Å². The summed E-state index contributed by atoms with van der Waals surface area (Å²) in [6, 6.07) is 0. The van der Waals surface area contributed by atoms with Gasteiger partial charge in [0.1, 0.15) is 0 Å². The predicted molar refractivity (Wildman–Crippen MR) is 64.9 cm³/mol. The van der Waals surface area contributed by atoms with Crippen molar-refractivity contribution >= 4 is 5.97 Å². The highest BCUT2D eigenvalue weighted by Gasteiger charge is 2.12. The van der Waals surface area contributed by atoms with E-state index in [9.17, 15) is 14.9 Å². The molecule has 0 unspecified atom stereocenters. The fraction of sp³-hybridized carbons (Fsp3) is 0.417. The van der Waals surface area contributed by atoms with Crippen LogP contribution >= 0.6 is 0 Å². The molecule has 0 saturated heterocycles. The lowest BCUT2D eigenvalue weighted by molar-refractivity contribution is -0.428. The second-order valence-electron chi connectivity index (χ2n) is 3.18. The van der Waals surface area contributed by atoms with E-state index >= 15 is 0 Å². The standard InChI is InChI=1S/C12H17NO4/c1-4-6-7-10(8-9-12(14)17-3)11(5-2)13(15)16/h6-9H,4-5H2,1-3H3/b7-6-,9-8+,11-10-. The fourth-order valence-electron chi connectivity index (χ4n) is 1.16. The van der Waals surface area contributed by atoms with Gasteiger partial charge >= 0.3 is 5.97 Å². The quantitative estimate of drug-likeness (QED) is 0.235. The molecular weight excluding hydrogens is 222 g/mol. The van der Waals surface area contributed by atoms with Gasteiger partial charge in [-0.05, 0) is 12.5 Å². The van der Waals surface area contributed by atoms with E-state index in [4.69, 9.17) is 0 Å². The van der Waals surface area contributed by atoms with Crippen molar-refractivity contribution in [3.8, 4) is 0 Å². The van der Waals surface area contributed by atoms with E-state index in [0.29, 0.717) is 12.0 Å². The predicted octanol–water partition coefficient (Wildman–Crippen LogP) is 2.62. The first-order chi connectivity index (χ1) is 8.06. The van der Waals surface area contributed by atoms with Gasteiger partial charge in [0.05, 0.1) is 12.0 Å². The number of hydrogen-bond donors (Lipinski definition) is 0. The molecule has 0 saturated carbocycles. The van der Waals surface area contributed by atoms with E-state index in [0.717, 1.165) is 6.42 Å². The largest absolute Gasteiger partial charge is 0.466 e. The number of ether oxygens (including phenoxy) is 1. The average Bonchev–Trinajstić information content (AvgIpc) is 2.31. The summed E-state index contributed by atoms with van der Waals surface area (Å²) in [5.41, 5.74) is 0.500. The average molecular weight is 239 g/mol. The Labute approximate surface area is 101 Å². The molecule has 94 valence electrons. The third-order valence-electron chi connectivity index (χ3n) is 2.02. The topological polar surface area (TPSA) is 69.4 Å². The second-order valence-corrected chi connectivity index (χ2v) is 3.18. The zero-order valence-corrected chi connectivity index (χ0v) is 10.3. The maximum absolute atomic E-state index is 10.9. The summed E-state index contributed by atoms with van der Waals surface area (Å²) in [5, 5.41) is 10.8. The van der Waals surface area contributed by atoms with E-state index in [2.05, 4.69) is 4.74 Å². The highest BCUT2D eigenvalue weighted by atomic mass is 16.6. The molecular formula is C12H17NO4. The molecule has 0 rings (SSSR count). The lowest BCUT2D eigenvalue weighted by Crippen LogP contribution is -2.01. The Bertz CT molecular complexity index is 367. The van der Waals surface area contributed by atoms with Crippen molar-refractivity contribution in [2.45, 2.75) is 26.7 Å². The first-order valence-corrected chi connectivity index (χ1v) is 5.36. The molecule has 0 aromatic heterocycles. The molecule has 5 heteroatoms. The molecule has 5 nitrogen and oxygen atoms in total. The summed E-state index contributed by atoms with van der Waals surface area (Å²) in [7, 11) is 1.26. The molecule has 0 aromatic carbocycles. The van der Waals surface area contributed by atoms with Crippen molar-refractivity contribution in [1.29, 1.82) is 0 Å². The van der Waals surface area contributed by atoms with Gasteiger partial charge in [-0.2, -0.15) is 0 Å². The molecule has 0 amide bonds. The minimum atomic E-state index is -0.536. The van der Waals surface area contributed by atoms with E-state index in [-0.39, 0.29) is 5.70 Å². The summed E-state index contributed by atoms with van der Waals surface area (Å²) in [6.45, 7) is 3.62. The Morgan fingerprint density at radius 2 is 1.94 bits per heavy atom. The van der Waals surface area contributed by atoms with E-state index in [1.165, 1.54) is 19.3 Å². The highest BCUT2D eigenvalue weighted by molar-refractivity contribution is 5.82. The third-order valence-corrected chi connectivity index (χ3v) is 2.02. The van der Waals surface area contributed by atoms with Crippen LogP contribution in [0.25, 0.3) is 0 Å². The monoisotopic (exact) mass is 239 g/mol. The number of carbonyl (C=O) groups is 1. The van der Waals surface area contributed by atoms with Crippen LogP contribution in [-0.4, -0.2) is 18.0 Å². The summed E-state index contributed by atoms with van der Waals surface area (Å²) in [4.78, 5) is 21.3. The molecule has 0 fully saturated rings. The maximum Gasteiger partial charge on any atom is 0.330 e. The smallest absolute Gasteiger partial charge is 0.330 e. The Morgan fingerprint density at radius 1 is 1.29 bits per heavy atom. The van der Waals surface area contributed by atoms with Gasteiger partial charge in [0.15, 0.2) is 0 Å². The van der Waals surface area contributed by atoms with Crippen LogP contribution in [-0.2, 0) is 9.53 Å². The van der Waals surface area contributed by atoms with Crippen molar-refractivity contribution in [3.63, 3.8) is 0 Å². The first kappa shape index (κ1) is 15.1. The van der Waals surface area contributed by atoms with Crippen LogP contribution in [0.15, 0.2) is 35.6 Å². The van der Waals surface area contributed by atoms with Crippen LogP contribution in [0, 0.1) is 10.1 Å².